The Morgan fingerprint density at radius 3 is 2.95 bits per heavy atom. The van der Waals surface area contributed by atoms with Gasteiger partial charge in [-0.05, 0) is 38.9 Å². The van der Waals surface area contributed by atoms with Crippen LogP contribution in [-0.2, 0) is 11.3 Å². The van der Waals surface area contributed by atoms with E-state index in [1.807, 2.05) is 18.5 Å². The second kappa shape index (κ2) is 6.42. The van der Waals surface area contributed by atoms with Gasteiger partial charge in [0.15, 0.2) is 0 Å². The van der Waals surface area contributed by atoms with Crippen molar-refractivity contribution in [2.45, 2.75) is 45.1 Å². The Kier molecular flexibility index (Phi) is 4.57. The largest absolute Gasteiger partial charge is 0.372 e. The monoisotopic (exact) mass is 289 g/mol. The van der Waals surface area contributed by atoms with Crippen molar-refractivity contribution in [2.75, 3.05) is 26.7 Å². The van der Waals surface area contributed by atoms with E-state index in [9.17, 15) is 0 Å². The number of aromatic nitrogens is 1. The first-order chi connectivity index (χ1) is 10.1. The molecule has 2 fully saturated rings. The molecule has 0 bridgehead atoms. The molecule has 0 saturated carbocycles. The second-order valence-corrected chi connectivity index (χ2v) is 6.88. The molecule has 1 aromatic heterocycles. The number of fused-ring (bicyclic) bond motifs is 1. The third-order valence-electron chi connectivity index (χ3n) is 4.89. The van der Waals surface area contributed by atoms with Crippen LogP contribution in [0.25, 0.3) is 0 Å². The van der Waals surface area contributed by atoms with Crippen LogP contribution in [0.2, 0.25) is 0 Å². The summed E-state index contributed by atoms with van der Waals surface area (Å²) < 4.78 is 6.28. The number of hydrogen-bond donors (Lipinski definition) is 0. The van der Waals surface area contributed by atoms with E-state index in [1.165, 1.54) is 18.5 Å². The van der Waals surface area contributed by atoms with Gasteiger partial charge in [0, 0.05) is 50.5 Å². The minimum Gasteiger partial charge on any atom is -0.372 e. The number of likely N-dealkylation sites (tertiary alicyclic amines) is 1. The normalized spacial score (nSPS) is 29.5. The predicted octanol–water partition coefficient (Wildman–Crippen LogP) is 2.01. The maximum Gasteiger partial charge on any atom is 0.0747 e. The van der Waals surface area contributed by atoms with E-state index in [2.05, 4.69) is 41.7 Å². The quantitative estimate of drug-likeness (QED) is 0.829. The average Bonchev–Trinajstić information content (AvgIpc) is 2.97. The van der Waals surface area contributed by atoms with Gasteiger partial charge in [0.1, 0.15) is 0 Å². The van der Waals surface area contributed by atoms with Crippen molar-refractivity contribution in [3.63, 3.8) is 0 Å². The second-order valence-electron chi connectivity index (χ2n) is 6.88. The molecule has 0 spiro atoms. The fraction of sp³-hybridized carbons (Fsp3) is 0.706. The van der Waals surface area contributed by atoms with Gasteiger partial charge in [-0.15, -0.1) is 0 Å². The molecule has 4 heteroatoms. The van der Waals surface area contributed by atoms with Crippen molar-refractivity contribution >= 4 is 0 Å². The van der Waals surface area contributed by atoms with Crippen molar-refractivity contribution in [1.29, 1.82) is 0 Å². The van der Waals surface area contributed by atoms with E-state index in [0.717, 1.165) is 19.6 Å². The van der Waals surface area contributed by atoms with E-state index in [1.54, 1.807) is 0 Å². The summed E-state index contributed by atoms with van der Waals surface area (Å²) in [5.74, 6) is 0.715. The maximum absolute atomic E-state index is 6.28. The smallest absolute Gasteiger partial charge is 0.0747 e. The fourth-order valence-electron chi connectivity index (χ4n) is 3.48. The van der Waals surface area contributed by atoms with Crippen LogP contribution in [0, 0.1) is 5.92 Å². The number of nitrogens with zero attached hydrogens (tertiary/aromatic N) is 3. The number of hydrogen-bond acceptors (Lipinski definition) is 4. The Morgan fingerprint density at radius 2 is 2.29 bits per heavy atom. The lowest BCUT2D eigenvalue weighted by atomic mass is 10.0. The Morgan fingerprint density at radius 1 is 1.43 bits per heavy atom. The Bertz CT molecular complexity index is 437. The third kappa shape index (κ3) is 3.62. The highest BCUT2D eigenvalue weighted by molar-refractivity contribution is 5.09. The molecular formula is C17H27N3O. The van der Waals surface area contributed by atoms with Crippen molar-refractivity contribution < 1.29 is 4.74 Å². The van der Waals surface area contributed by atoms with E-state index < -0.39 is 0 Å². The topological polar surface area (TPSA) is 28.6 Å². The summed E-state index contributed by atoms with van der Waals surface area (Å²) in [5.41, 5.74) is 1.30. The molecular weight excluding hydrogens is 262 g/mol. The lowest BCUT2D eigenvalue weighted by Crippen LogP contribution is -2.35. The minimum atomic E-state index is 0.424. The van der Waals surface area contributed by atoms with Gasteiger partial charge in [0.05, 0.1) is 12.2 Å². The zero-order valence-electron chi connectivity index (χ0n) is 13.4. The first-order valence-electron chi connectivity index (χ1n) is 8.08. The molecule has 116 valence electrons. The summed E-state index contributed by atoms with van der Waals surface area (Å²) in [7, 11) is 2.19. The lowest BCUT2D eigenvalue weighted by molar-refractivity contribution is 0.0171. The van der Waals surface area contributed by atoms with Crippen LogP contribution in [0.15, 0.2) is 24.5 Å². The van der Waals surface area contributed by atoms with Crippen LogP contribution in [0.5, 0.6) is 0 Å². The van der Waals surface area contributed by atoms with Gasteiger partial charge in [0.2, 0.25) is 0 Å². The fourth-order valence-corrected chi connectivity index (χ4v) is 3.48. The van der Waals surface area contributed by atoms with Crippen LogP contribution < -0.4 is 0 Å². The summed E-state index contributed by atoms with van der Waals surface area (Å²) in [6, 6.07) is 4.76. The molecule has 3 atom stereocenters. The lowest BCUT2D eigenvalue weighted by Gasteiger charge is -2.25. The molecule has 4 nitrogen and oxygen atoms in total. The van der Waals surface area contributed by atoms with Gasteiger partial charge in [-0.25, -0.2) is 0 Å². The zero-order valence-corrected chi connectivity index (χ0v) is 13.4. The number of rotatable bonds is 5. The van der Waals surface area contributed by atoms with E-state index in [-0.39, 0.29) is 0 Å². The molecule has 2 aliphatic heterocycles. The van der Waals surface area contributed by atoms with Crippen LogP contribution in [-0.4, -0.2) is 59.7 Å². The van der Waals surface area contributed by atoms with E-state index in [0.29, 0.717) is 24.2 Å². The summed E-state index contributed by atoms with van der Waals surface area (Å²) in [6.45, 7) is 8.79. The first kappa shape index (κ1) is 14.9. The summed E-state index contributed by atoms with van der Waals surface area (Å²) in [4.78, 5) is 9.09. The summed E-state index contributed by atoms with van der Waals surface area (Å²) >= 11 is 0. The molecule has 0 aromatic carbocycles. The van der Waals surface area contributed by atoms with Crippen LogP contribution in [0.1, 0.15) is 25.8 Å². The highest BCUT2D eigenvalue weighted by atomic mass is 16.5. The van der Waals surface area contributed by atoms with Gasteiger partial charge in [-0.1, -0.05) is 6.07 Å². The van der Waals surface area contributed by atoms with Crippen LogP contribution in [0.3, 0.4) is 0 Å². The van der Waals surface area contributed by atoms with Crippen molar-refractivity contribution in [2.24, 2.45) is 5.92 Å². The number of pyridine rings is 1. The number of ether oxygens (including phenoxy) is 1. The minimum absolute atomic E-state index is 0.424. The van der Waals surface area contributed by atoms with E-state index >= 15 is 0 Å². The van der Waals surface area contributed by atoms with Crippen LogP contribution >= 0.6 is 0 Å². The predicted molar refractivity (Wildman–Crippen MR) is 84.0 cm³/mol. The Balaban J connectivity index is 1.48. The molecule has 21 heavy (non-hydrogen) atoms. The third-order valence-corrected chi connectivity index (χ3v) is 4.89. The van der Waals surface area contributed by atoms with Gasteiger partial charge in [0.25, 0.3) is 0 Å². The number of likely N-dealkylation sites (N-methyl/N-ethyl adjacent to an activating group) is 1. The Hall–Kier alpha value is -0.970. The van der Waals surface area contributed by atoms with Crippen molar-refractivity contribution in [3.05, 3.63) is 30.1 Å². The highest BCUT2D eigenvalue weighted by Crippen LogP contribution is 2.33. The highest BCUT2D eigenvalue weighted by Gasteiger charge is 2.41. The van der Waals surface area contributed by atoms with Crippen molar-refractivity contribution in [1.82, 2.24) is 14.8 Å². The van der Waals surface area contributed by atoms with Gasteiger partial charge in [-0.3, -0.25) is 9.88 Å². The molecule has 0 radical (unpaired) electrons. The molecule has 1 aromatic rings. The molecule has 0 amide bonds. The Labute approximate surface area is 128 Å². The molecule has 0 N–H and O–H groups in total. The standard InChI is InChI=1S/C17H27N3O/c1-13(2)19(3)11-16-7-15-10-20(12-17(15)21-16)9-14-5-4-6-18-8-14/h4-6,8,13,15-17H,7,9-12H2,1-3H3/t15-,16-,17+/m1/s1. The van der Waals surface area contributed by atoms with Gasteiger partial charge < -0.3 is 9.64 Å². The molecule has 0 aliphatic carbocycles. The zero-order chi connectivity index (χ0) is 14.8. The molecule has 0 unspecified atom stereocenters. The van der Waals surface area contributed by atoms with E-state index in [4.69, 9.17) is 4.74 Å². The summed E-state index contributed by atoms with van der Waals surface area (Å²) in [6.07, 6.45) is 5.88. The molecule has 2 saturated heterocycles. The van der Waals surface area contributed by atoms with Crippen LogP contribution in [0.4, 0.5) is 0 Å². The van der Waals surface area contributed by atoms with Gasteiger partial charge >= 0.3 is 0 Å². The molecule has 3 rings (SSSR count). The molecule has 3 heterocycles. The molecule has 2 aliphatic rings. The average molecular weight is 289 g/mol. The maximum atomic E-state index is 6.28. The first-order valence-corrected chi connectivity index (χ1v) is 8.08. The van der Waals surface area contributed by atoms with Gasteiger partial charge in [-0.2, -0.15) is 0 Å². The summed E-state index contributed by atoms with van der Waals surface area (Å²) in [5, 5.41) is 0. The van der Waals surface area contributed by atoms with Crippen molar-refractivity contribution in [3.8, 4) is 0 Å². The SMILES string of the molecule is CC(C)N(C)C[C@H]1C[C@@H]2CN(Cc3cccnc3)C[C@@H]2O1.